The van der Waals surface area contributed by atoms with Gasteiger partial charge in [0, 0.05) is 7.11 Å². The number of benzene rings is 1. The standard InChI is InChI=1S/C10H9F3O3/c1-14-9(10(11,12)13)6-2-3-7-8(4-6)16-5-15-7/h2-4,9H,5H2,1H3. The number of ether oxygens (including phenoxy) is 3. The van der Waals surface area contributed by atoms with Crippen LogP contribution in [0.5, 0.6) is 11.5 Å². The molecule has 0 saturated heterocycles. The molecule has 0 saturated carbocycles. The molecule has 0 fully saturated rings. The Bertz CT molecular complexity index is 389. The molecule has 1 atom stereocenters. The molecule has 0 radical (unpaired) electrons. The average Bonchev–Trinajstić information content (AvgIpc) is 2.63. The third kappa shape index (κ3) is 1.92. The topological polar surface area (TPSA) is 27.7 Å². The molecular weight excluding hydrogens is 225 g/mol. The molecule has 0 spiro atoms. The molecule has 1 heterocycles. The Kier molecular flexibility index (Phi) is 2.67. The minimum Gasteiger partial charge on any atom is -0.454 e. The smallest absolute Gasteiger partial charge is 0.418 e. The van der Waals surface area contributed by atoms with Crippen LogP contribution in [0.3, 0.4) is 0 Å². The zero-order valence-electron chi connectivity index (χ0n) is 8.38. The van der Waals surface area contributed by atoms with Crippen molar-refractivity contribution in [3.8, 4) is 11.5 Å². The minimum absolute atomic E-state index is 0.000694. The SMILES string of the molecule is COC(c1ccc2c(c1)OCO2)C(F)(F)F. The quantitative estimate of drug-likeness (QED) is 0.787. The highest BCUT2D eigenvalue weighted by Crippen LogP contribution is 2.40. The molecule has 6 heteroatoms. The Labute approximate surface area is 89.7 Å². The van der Waals surface area contributed by atoms with Gasteiger partial charge in [-0.1, -0.05) is 6.07 Å². The van der Waals surface area contributed by atoms with Gasteiger partial charge in [0.15, 0.2) is 17.6 Å². The van der Waals surface area contributed by atoms with Gasteiger partial charge in [-0.2, -0.15) is 13.2 Å². The van der Waals surface area contributed by atoms with Crippen molar-refractivity contribution in [2.75, 3.05) is 13.9 Å². The van der Waals surface area contributed by atoms with Crippen molar-refractivity contribution < 1.29 is 27.4 Å². The van der Waals surface area contributed by atoms with E-state index in [0.29, 0.717) is 11.5 Å². The third-order valence-corrected chi connectivity index (χ3v) is 2.23. The second-order valence-corrected chi connectivity index (χ2v) is 3.27. The Morgan fingerprint density at radius 3 is 2.56 bits per heavy atom. The molecule has 1 aromatic carbocycles. The highest BCUT2D eigenvalue weighted by atomic mass is 19.4. The van der Waals surface area contributed by atoms with E-state index in [9.17, 15) is 13.2 Å². The molecule has 0 N–H and O–H groups in total. The summed E-state index contributed by atoms with van der Waals surface area (Å²) in [6, 6.07) is 4.04. The van der Waals surface area contributed by atoms with E-state index >= 15 is 0 Å². The summed E-state index contributed by atoms with van der Waals surface area (Å²) in [6.45, 7) is 0.0302. The molecule has 1 unspecified atom stereocenters. The Morgan fingerprint density at radius 1 is 1.25 bits per heavy atom. The molecule has 1 aliphatic heterocycles. The molecule has 2 rings (SSSR count). The summed E-state index contributed by atoms with van der Waals surface area (Å²) < 4.78 is 52.1. The van der Waals surface area contributed by atoms with Crippen LogP contribution in [0, 0.1) is 0 Å². The van der Waals surface area contributed by atoms with E-state index in [4.69, 9.17) is 9.47 Å². The fraction of sp³-hybridized carbons (Fsp3) is 0.400. The van der Waals surface area contributed by atoms with Crippen LogP contribution in [0.1, 0.15) is 11.7 Å². The van der Waals surface area contributed by atoms with E-state index in [1.165, 1.54) is 18.2 Å². The number of halogens is 3. The molecule has 16 heavy (non-hydrogen) atoms. The van der Waals surface area contributed by atoms with E-state index < -0.39 is 12.3 Å². The molecule has 88 valence electrons. The Morgan fingerprint density at radius 2 is 1.94 bits per heavy atom. The maximum atomic E-state index is 12.6. The van der Waals surface area contributed by atoms with Crippen molar-refractivity contribution in [1.29, 1.82) is 0 Å². The minimum atomic E-state index is -4.44. The third-order valence-electron chi connectivity index (χ3n) is 2.23. The summed E-state index contributed by atoms with van der Waals surface area (Å²) in [4.78, 5) is 0. The lowest BCUT2D eigenvalue weighted by molar-refractivity contribution is -0.215. The largest absolute Gasteiger partial charge is 0.454 e. The summed E-state index contributed by atoms with van der Waals surface area (Å²) in [6.07, 6.45) is -6.38. The second-order valence-electron chi connectivity index (χ2n) is 3.27. The maximum absolute atomic E-state index is 12.6. The van der Waals surface area contributed by atoms with Crippen LogP contribution in [0.25, 0.3) is 0 Å². The maximum Gasteiger partial charge on any atom is 0.418 e. The Hall–Kier alpha value is -1.43. The van der Waals surface area contributed by atoms with E-state index in [1.807, 2.05) is 0 Å². The van der Waals surface area contributed by atoms with Gasteiger partial charge >= 0.3 is 6.18 Å². The van der Waals surface area contributed by atoms with Gasteiger partial charge in [-0.05, 0) is 17.7 Å². The van der Waals surface area contributed by atoms with Gasteiger partial charge in [-0.25, -0.2) is 0 Å². The zero-order valence-corrected chi connectivity index (χ0v) is 8.38. The first-order valence-corrected chi connectivity index (χ1v) is 4.51. The number of hydrogen-bond acceptors (Lipinski definition) is 3. The summed E-state index contributed by atoms with van der Waals surface area (Å²) in [5.74, 6) is 0.754. The normalized spacial score (nSPS) is 16.2. The lowest BCUT2D eigenvalue weighted by Crippen LogP contribution is -2.22. The van der Waals surface area contributed by atoms with Gasteiger partial charge in [-0.3, -0.25) is 0 Å². The van der Waals surface area contributed by atoms with Gasteiger partial charge in [-0.15, -0.1) is 0 Å². The van der Waals surface area contributed by atoms with Gasteiger partial charge < -0.3 is 14.2 Å². The number of alkyl halides is 3. The number of methoxy groups -OCH3 is 1. The molecule has 3 nitrogen and oxygen atoms in total. The van der Waals surface area contributed by atoms with Crippen LogP contribution in [0.4, 0.5) is 13.2 Å². The van der Waals surface area contributed by atoms with Crippen LogP contribution in [0.15, 0.2) is 18.2 Å². The highest BCUT2D eigenvalue weighted by molar-refractivity contribution is 5.45. The first-order valence-electron chi connectivity index (χ1n) is 4.51. The Balaban J connectivity index is 2.33. The van der Waals surface area contributed by atoms with Crippen LogP contribution in [-0.2, 0) is 4.74 Å². The molecular formula is C10H9F3O3. The van der Waals surface area contributed by atoms with Crippen molar-refractivity contribution in [2.45, 2.75) is 12.3 Å². The molecule has 1 aromatic rings. The van der Waals surface area contributed by atoms with E-state index in [-0.39, 0.29) is 12.4 Å². The van der Waals surface area contributed by atoms with E-state index in [0.717, 1.165) is 7.11 Å². The van der Waals surface area contributed by atoms with Crippen LogP contribution < -0.4 is 9.47 Å². The highest BCUT2D eigenvalue weighted by Gasteiger charge is 2.41. The molecule has 0 aromatic heterocycles. The first-order chi connectivity index (χ1) is 7.52. The number of fused-ring (bicyclic) bond motifs is 1. The first kappa shape index (κ1) is 11.1. The second kappa shape index (κ2) is 3.86. The fourth-order valence-corrected chi connectivity index (χ4v) is 1.53. The average molecular weight is 234 g/mol. The van der Waals surface area contributed by atoms with Gasteiger partial charge in [0.1, 0.15) is 0 Å². The molecule has 0 bridgehead atoms. The summed E-state index contributed by atoms with van der Waals surface area (Å²) in [5.41, 5.74) is -0.000694. The lowest BCUT2D eigenvalue weighted by Gasteiger charge is -2.19. The van der Waals surface area contributed by atoms with Crippen molar-refractivity contribution in [3.63, 3.8) is 0 Å². The monoisotopic (exact) mass is 234 g/mol. The summed E-state index contributed by atoms with van der Waals surface area (Å²) >= 11 is 0. The lowest BCUT2D eigenvalue weighted by atomic mass is 10.1. The van der Waals surface area contributed by atoms with Crippen molar-refractivity contribution >= 4 is 0 Å². The number of hydrogen-bond donors (Lipinski definition) is 0. The van der Waals surface area contributed by atoms with Gasteiger partial charge in [0.2, 0.25) is 6.79 Å². The van der Waals surface area contributed by atoms with Crippen LogP contribution in [-0.4, -0.2) is 20.1 Å². The molecule has 0 amide bonds. The van der Waals surface area contributed by atoms with Crippen molar-refractivity contribution in [3.05, 3.63) is 23.8 Å². The predicted molar refractivity (Wildman–Crippen MR) is 48.4 cm³/mol. The van der Waals surface area contributed by atoms with Crippen LogP contribution >= 0.6 is 0 Å². The molecule has 0 aliphatic carbocycles. The zero-order chi connectivity index (χ0) is 11.8. The predicted octanol–water partition coefficient (Wildman–Crippen LogP) is 2.67. The van der Waals surface area contributed by atoms with E-state index in [2.05, 4.69) is 4.74 Å². The van der Waals surface area contributed by atoms with E-state index in [1.54, 1.807) is 0 Å². The molecule has 1 aliphatic rings. The van der Waals surface area contributed by atoms with Gasteiger partial charge in [0.25, 0.3) is 0 Å². The van der Waals surface area contributed by atoms with Crippen LogP contribution in [0.2, 0.25) is 0 Å². The fourth-order valence-electron chi connectivity index (χ4n) is 1.53. The summed E-state index contributed by atoms with van der Waals surface area (Å²) in [7, 11) is 1.02. The van der Waals surface area contributed by atoms with Gasteiger partial charge in [0.05, 0.1) is 0 Å². The van der Waals surface area contributed by atoms with Crippen molar-refractivity contribution in [1.82, 2.24) is 0 Å². The summed E-state index contributed by atoms with van der Waals surface area (Å²) in [5, 5.41) is 0. The van der Waals surface area contributed by atoms with Crippen molar-refractivity contribution in [2.24, 2.45) is 0 Å². The number of rotatable bonds is 2.